The first-order chi connectivity index (χ1) is 17.1. The lowest BCUT2D eigenvalue weighted by Gasteiger charge is -2.13. The number of amidine groups is 1. The van der Waals surface area contributed by atoms with E-state index in [1.807, 2.05) is 30.3 Å². The highest BCUT2D eigenvalue weighted by Crippen LogP contribution is 2.29. The van der Waals surface area contributed by atoms with Gasteiger partial charge in [-0.2, -0.15) is 0 Å². The number of hydrogen-bond donors (Lipinski definition) is 3. The molecule has 4 aromatic rings. The van der Waals surface area contributed by atoms with E-state index >= 15 is 0 Å². The Balaban J connectivity index is 1.31. The van der Waals surface area contributed by atoms with Crippen LogP contribution >= 0.6 is 11.6 Å². The summed E-state index contributed by atoms with van der Waals surface area (Å²) in [6.07, 6.45) is 1.15. The standard InChI is InChI=1S/C25H21ClFN5O3/c26-22-10-18(5-4-15(22)13-34-19-3-1-2-16(27)8-19)31-24-21-9-17(6-7-23(21)29-14-30-24)32-25-28-11-20(12-33)35-25/h1-10,14,20,33H,11-13H2,(H,28,32)(H,29,30,31). The van der Waals surface area contributed by atoms with E-state index in [2.05, 4.69) is 25.6 Å². The van der Waals surface area contributed by atoms with Crippen molar-refractivity contribution in [1.29, 1.82) is 0 Å². The Labute approximate surface area is 205 Å². The summed E-state index contributed by atoms with van der Waals surface area (Å²) in [6.45, 7) is 0.524. The molecule has 1 aliphatic heterocycles. The van der Waals surface area contributed by atoms with Crippen molar-refractivity contribution >= 4 is 45.7 Å². The fourth-order valence-corrected chi connectivity index (χ4v) is 3.77. The van der Waals surface area contributed by atoms with Gasteiger partial charge in [0.25, 0.3) is 6.02 Å². The number of nitrogens with one attached hydrogen (secondary N) is 2. The molecule has 178 valence electrons. The third-order valence-corrected chi connectivity index (χ3v) is 5.67. The lowest BCUT2D eigenvalue weighted by atomic mass is 10.2. The number of hydrogen-bond acceptors (Lipinski definition) is 8. The van der Waals surface area contributed by atoms with Gasteiger partial charge in [-0.25, -0.2) is 19.4 Å². The van der Waals surface area contributed by atoms with Gasteiger partial charge >= 0.3 is 0 Å². The highest BCUT2D eigenvalue weighted by Gasteiger charge is 2.19. The largest absolute Gasteiger partial charge is 0.489 e. The van der Waals surface area contributed by atoms with E-state index < -0.39 is 0 Å². The lowest BCUT2D eigenvalue weighted by molar-refractivity contribution is 0.129. The van der Waals surface area contributed by atoms with Crippen molar-refractivity contribution in [3.05, 3.63) is 83.4 Å². The maximum absolute atomic E-state index is 13.3. The van der Waals surface area contributed by atoms with Crippen LogP contribution in [0.3, 0.4) is 0 Å². The predicted molar refractivity (Wildman–Crippen MR) is 133 cm³/mol. The van der Waals surface area contributed by atoms with Crippen LogP contribution in [0, 0.1) is 5.82 Å². The lowest BCUT2D eigenvalue weighted by Crippen LogP contribution is -2.21. The molecule has 8 nitrogen and oxygen atoms in total. The van der Waals surface area contributed by atoms with Crippen LogP contribution in [0.15, 0.2) is 72.0 Å². The Morgan fingerprint density at radius 2 is 1.91 bits per heavy atom. The highest BCUT2D eigenvalue weighted by molar-refractivity contribution is 6.31. The van der Waals surface area contributed by atoms with Crippen LogP contribution in [0.25, 0.3) is 10.9 Å². The third kappa shape index (κ3) is 5.42. The van der Waals surface area contributed by atoms with Gasteiger partial charge in [0.15, 0.2) is 0 Å². The number of rotatable bonds is 7. The van der Waals surface area contributed by atoms with E-state index in [0.717, 1.165) is 27.8 Å². The number of ether oxygens (including phenoxy) is 2. The Morgan fingerprint density at radius 1 is 1.06 bits per heavy atom. The first-order valence-electron chi connectivity index (χ1n) is 10.8. The minimum atomic E-state index is -0.360. The zero-order chi connectivity index (χ0) is 24.2. The quantitative estimate of drug-likeness (QED) is 0.336. The fraction of sp³-hybridized carbons (Fsp3) is 0.160. The van der Waals surface area contributed by atoms with E-state index in [0.29, 0.717) is 29.2 Å². The Hall–Kier alpha value is -3.95. The van der Waals surface area contributed by atoms with Gasteiger partial charge in [-0.1, -0.05) is 23.7 Å². The van der Waals surface area contributed by atoms with Crippen LogP contribution in [0.2, 0.25) is 5.02 Å². The Bertz CT molecular complexity index is 1400. The zero-order valence-electron chi connectivity index (χ0n) is 18.4. The molecule has 0 bridgehead atoms. The summed E-state index contributed by atoms with van der Waals surface area (Å²) in [5, 5.41) is 16.9. The van der Waals surface area contributed by atoms with Gasteiger partial charge in [0, 0.05) is 33.4 Å². The van der Waals surface area contributed by atoms with Crippen LogP contribution in [0.4, 0.5) is 21.6 Å². The molecule has 35 heavy (non-hydrogen) atoms. The molecule has 1 aromatic heterocycles. The van der Waals surface area contributed by atoms with Crippen molar-refractivity contribution in [3.63, 3.8) is 0 Å². The van der Waals surface area contributed by atoms with Crippen molar-refractivity contribution < 1.29 is 19.0 Å². The number of fused-ring (bicyclic) bond motifs is 1. The molecule has 0 saturated heterocycles. The van der Waals surface area contributed by atoms with E-state index in [-0.39, 0.29) is 25.1 Å². The van der Waals surface area contributed by atoms with Crippen molar-refractivity contribution in [2.75, 3.05) is 23.8 Å². The summed E-state index contributed by atoms with van der Waals surface area (Å²) in [5.74, 6) is 0.670. The summed E-state index contributed by atoms with van der Waals surface area (Å²) in [6, 6.07) is 17.4. The third-order valence-electron chi connectivity index (χ3n) is 5.31. The number of nitrogens with zero attached hydrogens (tertiary/aromatic N) is 3. The van der Waals surface area contributed by atoms with Crippen LogP contribution in [0.5, 0.6) is 5.75 Å². The van der Waals surface area contributed by atoms with E-state index in [1.165, 1.54) is 18.5 Å². The Kier molecular flexibility index (Phi) is 6.60. The predicted octanol–water partition coefficient (Wildman–Crippen LogP) is 4.90. The number of aliphatic imine (C=N–C) groups is 1. The van der Waals surface area contributed by atoms with Gasteiger partial charge in [-0.3, -0.25) is 0 Å². The zero-order valence-corrected chi connectivity index (χ0v) is 19.2. The van der Waals surface area contributed by atoms with E-state index in [4.69, 9.17) is 21.1 Å². The molecule has 0 radical (unpaired) electrons. The number of aromatic nitrogens is 2. The number of aliphatic hydroxyl groups excluding tert-OH is 1. The SMILES string of the molecule is OCC1CN=C(Nc2ccc3ncnc(Nc4ccc(COc5cccc(F)c5)c(Cl)c4)c3c2)O1. The van der Waals surface area contributed by atoms with Crippen LogP contribution in [-0.2, 0) is 11.3 Å². The topological polar surface area (TPSA) is 101 Å². The highest BCUT2D eigenvalue weighted by atomic mass is 35.5. The molecule has 0 saturated carbocycles. The number of benzene rings is 3. The minimum Gasteiger partial charge on any atom is -0.489 e. The summed E-state index contributed by atoms with van der Waals surface area (Å²) >= 11 is 6.47. The Morgan fingerprint density at radius 3 is 2.71 bits per heavy atom. The minimum absolute atomic E-state index is 0.0907. The van der Waals surface area contributed by atoms with Crippen LogP contribution < -0.4 is 15.4 Å². The molecule has 2 heterocycles. The molecular formula is C25H21ClFN5O3. The van der Waals surface area contributed by atoms with Gasteiger partial charge in [0.05, 0.1) is 18.7 Å². The summed E-state index contributed by atoms with van der Waals surface area (Å²) < 4.78 is 24.5. The molecule has 1 atom stereocenters. The first kappa shape index (κ1) is 22.8. The molecule has 0 aliphatic carbocycles. The van der Waals surface area contributed by atoms with Gasteiger partial charge in [0.1, 0.15) is 36.4 Å². The second kappa shape index (κ2) is 10.1. The molecule has 10 heteroatoms. The summed E-state index contributed by atoms with van der Waals surface area (Å²) in [5.41, 5.74) is 2.99. The van der Waals surface area contributed by atoms with Gasteiger partial charge in [0.2, 0.25) is 0 Å². The fourth-order valence-electron chi connectivity index (χ4n) is 3.54. The van der Waals surface area contributed by atoms with Crippen LogP contribution in [-0.4, -0.2) is 40.4 Å². The van der Waals surface area contributed by atoms with Crippen molar-refractivity contribution in [1.82, 2.24) is 9.97 Å². The summed E-state index contributed by atoms with van der Waals surface area (Å²) in [7, 11) is 0. The first-order valence-corrected chi connectivity index (χ1v) is 11.2. The normalized spacial score (nSPS) is 14.9. The smallest absolute Gasteiger partial charge is 0.289 e. The molecule has 1 aliphatic rings. The van der Waals surface area contributed by atoms with Crippen LogP contribution in [0.1, 0.15) is 5.56 Å². The van der Waals surface area contributed by atoms with Crippen molar-refractivity contribution in [3.8, 4) is 5.75 Å². The molecule has 5 rings (SSSR count). The molecule has 0 fully saturated rings. The number of halogens is 2. The molecule has 3 N–H and O–H groups in total. The molecule has 1 unspecified atom stereocenters. The number of anilines is 3. The van der Waals surface area contributed by atoms with Gasteiger partial charge in [-0.15, -0.1) is 0 Å². The monoisotopic (exact) mass is 493 g/mol. The van der Waals surface area contributed by atoms with Crippen molar-refractivity contribution in [2.24, 2.45) is 4.99 Å². The van der Waals surface area contributed by atoms with Crippen molar-refractivity contribution in [2.45, 2.75) is 12.7 Å². The maximum atomic E-state index is 13.3. The van der Waals surface area contributed by atoms with E-state index in [1.54, 1.807) is 18.2 Å². The van der Waals surface area contributed by atoms with E-state index in [9.17, 15) is 9.50 Å². The van der Waals surface area contributed by atoms with Gasteiger partial charge < -0.3 is 25.2 Å². The summed E-state index contributed by atoms with van der Waals surface area (Å²) in [4.78, 5) is 13.0. The second-order valence-corrected chi connectivity index (χ2v) is 8.23. The average molecular weight is 494 g/mol. The average Bonchev–Trinajstić information content (AvgIpc) is 3.31. The number of aliphatic hydroxyl groups is 1. The second-order valence-electron chi connectivity index (χ2n) is 7.82. The molecule has 0 spiro atoms. The maximum Gasteiger partial charge on any atom is 0.289 e. The molecular weight excluding hydrogens is 473 g/mol. The molecule has 0 amide bonds. The van der Waals surface area contributed by atoms with Gasteiger partial charge in [-0.05, 0) is 42.5 Å². The molecule has 3 aromatic carbocycles.